The van der Waals surface area contributed by atoms with Crippen LogP contribution >= 0.6 is 0 Å². The third-order valence-corrected chi connectivity index (χ3v) is 10.3. The van der Waals surface area contributed by atoms with Crippen molar-refractivity contribution in [2.75, 3.05) is 42.5 Å². The molecule has 4 rings (SSSR count). The van der Waals surface area contributed by atoms with Crippen LogP contribution in [-0.2, 0) is 9.47 Å². The Bertz CT molecular complexity index is 4790. The van der Waals surface area contributed by atoms with Gasteiger partial charge in [-0.1, -0.05) is 18.1 Å². The first kappa shape index (κ1) is 79.8. The van der Waals surface area contributed by atoms with E-state index in [4.69, 9.17) is 34.5 Å². The molecule has 2 unspecified atom stereocenters. The summed E-state index contributed by atoms with van der Waals surface area (Å²) in [5.74, 6) is 115. The molecule has 0 spiro atoms. The smallest absolute Gasteiger partial charge is 0.410 e. The van der Waals surface area contributed by atoms with Gasteiger partial charge in [0.15, 0.2) is 0 Å². The van der Waals surface area contributed by atoms with Gasteiger partial charge in [0.1, 0.15) is 11.2 Å². The molecule has 2 aliphatic rings. The minimum absolute atomic E-state index is 0.0732. The molecule has 2 saturated heterocycles. The van der Waals surface area contributed by atoms with Crippen LogP contribution in [0.2, 0.25) is 0 Å². The maximum absolute atomic E-state index is 12.2. The van der Waals surface area contributed by atoms with Crippen LogP contribution in [0.25, 0.3) is 0 Å². The minimum atomic E-state index is -0.496. The van der Waals surface area contributed by atoms with Gasteiger partial charge in [0.05, 0.1) is 4.92 Å². The number of nitrogens with one attached hydrogen (secondary N) is 2. The van der Waals surface area contributed by atoms with Gasteiger partial charge in [-0.15, -0.1) is 19.3 Å². The standard InChI is InChI=1S/C26H2.C25H4.C17H25N3O4.C17H27N3O2/c1-3-5-7-9-11-13-15-17-19-21-23-25-26-24-22-20-18-16-14-12-10-8-6-4-2;1-3-5-7-9-11-13-15-17-19-21-23-25-24-22-20-18-16-14-12-10-8-6-4-2;1-17(2,3)24-16(21)19-10-5-7-13(9-11-19)18-14-6-4-8-15(12-14)20(22)23;1-17(2,3)22-16(21)20-10-5-8-14(9-11-20)19-15-7-4-6-13(18)12-15/h1-2H;1H,2H3;4,6,8,12-13,18H,5,7,9-11H2,1-3H3;4,6-7,12,14,19H,5,8-11,18H2,1-3H3. The normalized spacial score (nSPS) is 11.0. The van der Waals surface area contributed by atoms with Gasteiger partial charge in [0, 0.05) is 150 Å². The van der Waals surface area contributed by atoms with Crippen LogP contribution in [0.4, 0.5) is 32.3 Å². The zero-order valence-corrected chi connectivity index (χ0v) is 54.4. The molecule has 12 heteroatoms. The molecule has 2 aromatic rings. The average molecular weight is 1260 g/mol. The quantitative estimate of drug-likeness (QED) is 0.116. The number of nitrogen functional groups attached to an aromatic ring is 1. The molecular formula is C85H58N6O6. The number of likely N-dealkylation sites (tertiary alicyclic amines) is 2. The highest BCUT2D eigenvalue weighted by Crippen LogP contribution is 2.23. The molecule has 464 valence electrons. The number of ether oxygens (including phenoxy) is 2. The van der Waals surface area contributed by atoms with Crippen LogP contribution in [0.1, 0.15) is 87.0 Å². The number of non-ortho nitro benzene ring substituents is 1. The van der Waals surface area contributed by atoms with E-state index < -0.39 is 16.1 Å². The van der Waals surface area contributed by atoms with Crippen molar-refractivity contribution < 1.29 is 24.0 Å². The molecule has 12 nitrogen and oxygen atoms in total. The molecule has 2 aromatic carbocycles. The van der Waals surface area contributed by atoms with Gasteiger partial charge in [-0.3, -0.25) is 10.1 Å². The van der Waals surface area contributed by atoms with Crippen LogP contribution in [0.15, 0.2) is 48.5 Å². The zero-order valence-electron chi connectivity index (χ0n) is 54.4. The van der Waals surface area contributed by atoms with E-state index in [1.54, 1.807) is 17.9 Å². The predicted molar refractivity (Wildman–Crippen MR) is 385 cm³/mol. The third-order valence-electron chi connectivity index (χ3n) is 10.3. The highest BCUT2D eigenvalue weighted by atomic mass is 16.6. The minimum Gasteiger partial charge on any atom is -0.444 e. The third kappa shape index (κ3) is 48.4. The number of amides is 2. The van der Waals surface area contributed by atoms with Gasteiger partial charge in [0.25, 0.3) is 5.69 Å². The lowest BCUT2D eigenvalue weighted by Crippen LogP contribution is -2.37. The summed E-state index contributed by atoms with van der Waals surface area (Å²) in [7, 11) is 0. The number of nitro benzene ring substituents is 1. The van der Waals surface area contributed by atoms with Gasteiger partial charge in [0.2, 0.25) is 0 Å². The average Bonchev–Trinajstić information content (AvgIpc) is 2.57. The van der Waals surface area contributed by atoms with Crippen molar-refractivity contribution in [2.45, 2.75) is 110 Å². The summed E-state index contributed by atoms with van der Waals surface area (Å²) >= 11 is 0. The number of nitrogens with zero attached hydrogens (tertiary/aromatic N) is 3. The van der Waals surface area contributed by atoms with Crippen molar-refractivity contribution in [1.29, 1.82) is 0 Å². The molecule has 2 amide bonds. The monoisotopic (exact) mass is 1260 g/mol. The fourth-order valence-electron chi connectivity index (χ4n) is 6.70. The van der Waals surface area contributed by atoms with E-state index in [1.165, 1.54) is 12.1 Å². The molecule has 2 heterocycles. The number of hydrogen-bond acceptors (Lipinski definition) is 9. The second kappa shape index (κ2) is 52.7. The summed E-state index contributed by atoms with van der Waals surface area (Å²) in [5, 5.41) is 17.7. The molecule has 0 aromatic heterocycles. The molecular weight excluding hydrogens is 1200 g/mol. The molecule has 4 N–H and O–H groups in total. The molecule has 0 saturated carbocycles. The number of carbonyl (C=O) groups is 2. The largest absolute Gasteiger partial charge is 0.444 e. The van der Waals surface area contributed by atoms with Gasteiger partial charge in [-0.25, -0.2) is 9.59 Å². The van der Waals surface area contributed by atoms with Crippen LogP contribution in [-0.4, -0.2) is 76.4 Å². The SMILES string of the molecule is C#CC#CC#CC#CC#CC#CC#CC#CC#CC#CC#CC#CC.C#CC#CC#CC#CC#CC#CC#CC#CC#CC#CC#CC#CC#C.CC(C)(C)OC(=O)N1CCCC(Nc2cccc(N)c2)CC1.CC(C)(C)OC(=O)N1CCCC(Nc2cccc([N+](=O)[O-])c2)CC1. The summed E-state index contributed by atoms with van der Waals surface area (Å²) in [6.07, 6.45) is 19.7. The highest BCUT2D eigenvalue weighted by molar-refractivity contribution is 5.69. The number of nitro groups is 1. The summed E-state index contributed by atoms with van der Waals surface area (Å²) < 4.78 is 10.9. The van der Waals surface area contributed by atoms with E-state index in [1.807, 2.05) is 76.8 Å². The predicted octanol–water partition coefficient (Wildman–Crippen LogP) is 8.23. The first-order chi connectivity index (χ1) is 46.9. The summed E-state index contributed by atoms with van der Waals surface area (Å²) in [6.45, 7) is 15.7. The maximum Gasteiger partial charge on any atom is 0.410 e. The van der Waals surface area contributed by atoms with Crippen LogP contribution < -0.4 is 16.4 Å². The molecule has 0 bridgehead atoms. The topological polar surface area (TPSA) is 152 Å². The van der Waals surface area contributed by atoms with E-state index in [9.17, 15) is 19.7 Å². The molecule has 0 radical (unpaired) electrons. The lowest BCUT2D eigenvalue weighted by Gasteiger charge is -2.26. The summed E-state index contributed by atoms with van der Waals surface area (Å²) in [5.41, 5.74) is 7.47. The lowest BCUT2D eigenvalue weighted by molar-refractivity contribution is -0.384. The summed E-state index contributed by atoms with van der Waals surface area (Å²) in [6, 6.07) is 14.8. The fraction of sp³-hybridized carbons (Fsp3) is 0.247. The maximum atomic E-state index is 12.2. The van der Waals surface area contributed by atoms with Gasteiger partial charge < -0.3 is 35.6 Å². The Kier molecular flexibility index (Phi) is 43.3. The van der Waals surface area contributed by atoms with Crippen molar-refractivity contribution in [3.63, 3.8) is 0 Å². The van der Waals surface area contributed by atoms with Gasteiger partial charge in [-0.05, 0) is 301 Å². The number of carbonyl (C=O) groups excluding carboxylic acids is 2. The molecule has 97 heavy (non-hydrogen) atoms. The number of benzene rings is 2. The van der Waals surface area contributed by atoms with Crippen LogP contribution in [0.3, 0.4) is 0 Å². The molecule has 0 aliphatic carbocycles. The van der Waals surface area contributed by atoms with E-state index in [2.05, 4.69) is 289 Å². The second-order valence-electron chi connectivity index (χ2n) is 20.0. The number of hydrogen-bond donors (Lipinski definition) is 3. The first-order valence-corrected chi connectivity index (χ1v) is 28.8. The van der Waals surface area contributed by atoms with E-state index in [-0.39, 0.29) is 23.9 Å². The van der Waals surface area contributed by atoms with E-state index >= 15 is 0 Å². The Morgan fingerprint density at radius 3 is 0.959 bits per heavy atom. The molecule has 2 fully saturated rings. The van der Waals surface area contributed by atoms with Crippen LogP contribution in [0, 0.1) is 308 Å². The van der Waals surface area contributed by atoms with Crippen molar-refractivity contribution in [3.8, 4) is 298 Å². The number of terminal acetylenes is 3. The number of rotatable bonds is 5. The van der Waals surface area contributed by atoms with Crippen molar-refractivity contribution >= 4 is 34.9 Å². The van der Waals surface area contributed by atoms with Gasteiger partial charge in [-0.2, -0.15) is 0 Å². The Labute approximate surface area is 574 Å². The Morgan fingerprint density at radius 2 is 0.701 bits per heavy atom. The first-order valence-electron chi connectivity index (χ1n) is 28.8. The molecule has 2 atom stereocenters. The highest BCUT2D eigenvalue weighted by Gasteiger charge is 2.27. The van der Waals surface area contributed by atoms with E-state index in [0.717, 1.165) is 68.7 Å². The van der Waals surface area contributed by atoms with E-state index in [0.29, 0.717) is 19.1 Å². The zero-order chi connectivity index (χ0) is 71.1. The Hall–Kier alpha value is -15.2. The van der Waals surface area contributed by atoms with Crippen molar-refractivity contribution in [3.05, 3.63) is 58.6 Å². The van der Waals surface area contributed by atoms with Gasteiger partial charge >= 0.3 is 12.2 Å². The van der Waals surface area contributed by atoms with Crippen molar-refractivity contribution in [1.82, 2.24) is 9.80 Å². The number of anilines is 3. The second-order valence-corrected chi connectivity index (χ2v) is 20.0. The molecule has 2 aliphatic heterocycles. The van der Waals surface area contributed by atoms with Crippen molar-refractivity contribution in [2.24, 2.45) is 0 Å². The Morgan fingerprint density at radius 1 is 0.433 bits per heavy atom. The lowest BCUT2D eigenvalue weighted by atomic mass is 10.1. The number of nitrogens with two attached hydrogens (primary N) is 1. The van der Waals surface area contributed by atoms with Crippen LogP contribution in [0.5, 0.6) is 0 Å². The summed E-state index contributed by atoms with van der Waals surface area (Å²) in [4.78, 5) is 38.3. The Balaban J connectivity index is 0.000000647. The fourth-order valence-corrected chi connectivity index (χ4v) is 6.70.